The molecular weight excluding hydrogens is 332 g/mol. The quantitative estimate of drug-likeness (QED) is 0.864. The molecule has 1 aromatic carbocycles. The van der Waals surface area contributed by atoms with Crippen LogP contribution in [0.15, 0.2) is 23.1 Å². The van der Waals surface area contributed by atoms with Gasteiger partial charge in [-0.3, -0.25) is 0 Å². The number of benzene rings is 1. The number of aryl methyl sites for hydroxylation is 2. The van der Waals surface area contributed by atoms with Crippen molar-refractivity contribution in [2.45, 2.75) is 50.2 Å². The zero-order chi connectivity index (χ0) is 15.9. The van der Waals surface area contributed by atoms with E-state index in [1.807, 2.05) is 0 Å². The number of rotatable bonds is 3. The van der Waals surface area contributed by atoms with Gasteiger partial charge in [-0.1, -0.05) is 6.42 Å². The van der Waals surface area contributed by atoms with Crippen LogP contribution in [0.25, 0.3) is 0 Å². The molecule has 1 aliphatic heterocycles. The monoisotopic (exact) mass is 350 g/mol. The number of sulfonamides is 1. The van der Waals surface area contributed by atoms with E-state index in [1.54, 1.807) is 29.5 Å². The van der Waals surface area contributed by atoms with Crippen molar-refractivity contribution in [1.82, 2.24) is 9.71 Å². The Morgan fingerprint density at radius 2 is 2.09 bits per heavy atom. The van der Waals surface area contributed by atoms with Crippen molar-refractivity contribution < 1.29 is 13.2 Å². The molecule has 7 heteroatoms. The van der Waals surface area contributed by atoms with Crippen molar-refractivity contribution in [2.75, 3.05) is 0 Å². The van der Waals surface area contributed by atoms with Crippen LogP contribution in [0.2, 0.25) is 0 Å². The third-order valence-electron chi connectivity index (χ3n) is 4.28. The molecule has 0 spiro atoms. The SMILES string of the molecule is O=S1(=O)NCc2cc(OCc3nc4c(s3)CCCCC4)ccc21. The fourth-order valence-electron chi connectivity index (χ4n) is 3.09. The molecule has 0 unspecified atom stereocenters. The summed E-state index contributed by atoms with van der Waals surface area (Å²) in [5, 5.41) is 1.00. The highest BCUT2D eigenvalue weighted by molar-refractivity contribution is 7.89. The maximum absolute atomic E-state index is 11.7. The minimum Gasteiger partial charge on any atom is -0.486 e. The molecule has 0 saturated carbocycles. The van der Waals surface area contributed by atoms with Gasteiger partial charge >= 0.3 is 0 Å². The molecule has 2 heterocycles. The van der Waals surface area contributed by atoms with Crippen molar-refractivity contribution in [3.05, 3.63) is 39.3 Å². The number of fused-ring (bicyclic) bond motifs is 2. The summed E-state index contributed by atoms with van der Waals surface area (Å²) in [4.78, 5) is 6.47. The van der Waals surface area contributed by atoms with Gasteiger partial charge < -0.3 is 4.74 Å². The van der Waals surface area contributed by atoms with Crippen molar-refractivity contribution in [2.24, 2.45) is 0 Å². The van der Waals surface area contributed by atoms with Crippen LogP contribution in [0.4, 0.5) is 0 Å². The minimum atomic E-state index is -3.31. The molecule has 0 bridgehead atoms. The Morgan fingerprint density at radius 3 is 3.00 bits per heavy atom. The summed E-state index contributed by atoms with van der Waals surface area (Å²) < 4.78 is 31.8. The predicted octanol–water partition coefficient (Wildman–Crippen LogP) is 2.78. The molecule has 0 amide bonds. The second-order valence-corrected chi connectivity index (χ2v) is 8.82. The van der Waals surface area contributed by atoms with E-state index in [1.165, 1.54) is 29.8 Å². The second-order valence-electron chi connectivity index (χ2n) is 5.92. The van der Waals surface area contributed by atoms with Crippen LogP contribution in [0.3, 0.4) is 0 Å². The number of nitrogens with one attached hydrogen (secondary N) is 1. The number of ether oxygens (including phenoxy) is 1. The molecule has 0 radical (unpaired) electrons. The second kappa shape index (κ2) is 5.89. The first-order valence-electron chi connectivity index (χ1n) is 7.85. The molecular formula is C16H18N2O3S2. The van der Waals surface area contributed by atoms with Crippen LogP contribution in [0, 0.1) is 0 Å². The Labute approximate surface area is 139 Å². The molecule has 0 atom stereocenters. The maximum atomic E-state index is 11.7. The Balaban J connectivity index is 1.48. The van der Waals surface area contributed by atoms with Crippen LogP contribution in [0.5, 0.6) is 5.75 Å². The lowest BCUT2D eigenvalue weighted by Gasteiger charge is -2.05. The van der Waals surface area contributed by atoms with Crippen LogP contribution >= 0.6 is 11.3 Å². The van der Waals surface area contributed by atoms with Gasteiger partial charge in [-0.25, -0.2) is 18.1 Å². The zero-order valence-corrected chi connectivity index (χ0v) is 14.3. The average molecular weight is 350 g/mol. The van der Waals surface area contributed by atoms with Gasteiger partial charge in [0.15, 0.2) is 0 Å². The predicted molar refractivity (Wildman–Crippen MR) is 88.2 cm³/mol. The molecule has 5 nitrogen and oxygen atoms in total. The van der Waals surface area contributed by atoms with Gasteiger partial charge in [0.25, 0.3) is 0 Å². The number of nitrogens with zero attached hydrogens (tertiary/aromatic N) is 1. The minimum absolute atomic E-state index is 0.334. The first kappa shape index (κ1) is 15.1. The van der Waals surface area contributed by atoms with Gasteiger partial charge in [0.05, 0.1) is 10.6 Å². The van der Waals surface area contributed by atoms with Crippen molar-refractivity contribution in [1.29, 1.82) is 0 Å². The maximum Gasteiger partial charge on any atom is 0.241 e. The first-order chi connectivity index (χ1) is 11.1. The lowest BCUT2D eigenvalue weighted by atomic mass is 10.2. The smallest absolute Gasteiger partial charge is 0.241 e. The summed E-state index contributed by atoms with van der Waals surface area (Å²) in [6, 6.07) is 5.12. The van der Waals surface area contributed by atoms with Crippen molar-refractivity contribution in [3.63, 3.8) is 0 Å². The summed E-state index contributed by atoms with van der Waals surface area (Å²) in [6.45, 7) is 0.775. The van der Waals surface area contributed by atoms with Gasteiger partial charge in [0.1, 0.15) is 17.4 Å². The largest absolute Gasteiger partial charge is 0.486 e. The summed E-state index contributed by atoms with van der Waals surface area (Å²) in [5.41, 5.74) is 2.01. The van der Waals surface area contributed by atoms with E-state index >= 15 is 0 Å². The van der Waals surface area contributed by atoms with Crippen LogP contribution in [-0.2, 0) is 36.0 Å². The fraction of sp³-hybridized carbons (Fsp3) is 0.438. The van der Waals surface area contributed by atoms with Gasteiger partial charge in [0.2, 0.25) is 10.0 Å². The normalized spacial score (nSPS) is 19.0. The number of thiazole rings is 1. The molecule has 0 saturated heterocycles. The summed E-state index contributed by atoms with van der Waals surface area (Å²) in [5.74, 6) is 0.688. The van der Waals surface area contributed by atoms with Gasteiger partial charge in [-0.05, 0) is 49.4 Å². The van der Waals surface area contributed by atoms with Gasteiger partial charge in [0, 0.05) is 11.4 Å². The van der Waals surface area contributed by atoms with E-state index < -0.39 is 10.0 Å². The Hall–Kier alpha value is -1.44. The van der Waals surface area contributed by atoms with E-state index in [-0.39, 0.29) is 0 Å². The lowest BCUT2D eigenvalue weighted by Crippen LogP contribution is -2.13. The van der Waals surface area contributed by atoms with E-state index in [9.17, 15) is 8.42 Å². The van der Waals surface area contributed by atoms with Crippen LogP contribution < -0.4 is 9.46 Å². The molecule has 1 N–H and O–H groups in total. The van der Waals surface area contributed by atoms with Crippen molar-refractivity contribution >= 4 is 21.4 Å². The lowest BCUT2D eigenvalue weighted by molar-refractivity contribution is 0.305. The highest BCUT2D eigenvalue weighted by Crippen LogP contribution is 2.29. The van der Waals surface area contributed by atoms with Crippen LogP contribution in [-0.4, -0.2) is 13.4 Å². The Kier molecular flexibility index (Phi) is 3.87. The standard InChI is InChI=1S/C16H18N2O3S2/c19-23(20)15-7-6-12(8-11(15)9-17-23)21-10-16-18-13-4-2-1-3-5-14(13)22-16/h6-8,17H,1-5,9-10H2. The third kappa shape index (κ3) is 3.00. The van der Waals surface area contributed by atoms with Gasteiger partial charge in [-0.15, -0.1) is 11.3 Å². The van der Waals surface area contributed by atoms with Crippen LogP contribution in [0.1, 0.15) is 40.4 Å². The molecule has 4 rings (SSSR count). The fourth-order valence-corrected chi connectivity index (χ4v) is 5.38. The van der Waals surface area contributed by atoms with E-state index in [0.717, 1.165) is 23.4 Å². The zero-order valence-electron chi connectivity index (χ0n) is 12.7. The van der Waals surface area contributed by atoms with Gasteiger partial charge in [-0.2, -0.15) is 0 Å². The molecule has 122 valence electrons. The molecule has 0 fully saturated rings. The highest BCUT2D eigenvalue weighted by atomic mass is 32.2. The molecule has 1 aliphatic carbocycles. The molecule has 2 aromatic rings. The van der Waals surface area contributed by atoms with E-state index in [2.05, 4.69) is 4.72 Å². The number of hydrogen-bond donors (Lipinski definition) is 1. The Bertz CT molecular complexity index is 820. The first-order valence-corrected chi connectivity index (χ1v) is 10.1. The number of hydrogen-bond acceptors (Lipinski definition) is 5. The summed E-state index contributed by atoms with van der Waals surface area (Å²) in [6.07, 6.45) is 5.98. The van der Waals surface area contributed by atoms with E-state index in [4.69, 9.17) is 9.72 Å². The Morgan fingerprint density at radius 1 is 1.22 bits per heavy atom. The van der Waals surface area contributed by atoms with E-state index in [0.29, 0.717) is 23.8 Å². The number of aromatic nitrogens is 1. The topological polar surface area (TPSA) is 68.3 Å². The summed E-state index contributed by atoms with van der Waals surface area (Å²) >= 11 is 1.75. The highest BCUT2D eigenvalue weighted by Gasteiger charge is 2.25. The average Bonchev–Trinajstić information content (AvgIpc) is 2.98. The summed E-state index contributed by atoms with van der Waals surface area (Å²) in [7, 11) is -3.31. The third-order valence-corrected chi connectivity index (χ3v) is 6.91. The van der Waals surface area contributed by atoms with Crippen molar-refractivity contribution in [3.8, 4) is 5.75 Å². The molecule has 1 aromatic heterocycles. The molecule has 23 heavy (non-hydrogen) atoms. The molecule has 2 aliphatic rings.